The van der Waals surface area contributed by atoms with Gasteiger partial charge in [0.05, 0.1) is 0 Å². The van der Waals surface area contributed by atoms with Gasteiger partial charge in [0, 0.05) is 44.1 Å². The van der Waals surface area contributed by atoms with Gasteiger partial charge in [-0.3, -0.25) is 4.79 Å². The number of fused-ring (bicyclic) bond motifs is 1. The maximum atomic E-state index is 12.6. The van der Waals surface area contributed by atoms with Crippen LogP contribution in [0.25, 0.3) is 0 Å². The van der Waals surface area contributed by atoms with Crippen LogP contribution in [-0.4, -0.2) is 47.2 Å². The Labute approximate surface area is 175 Å². The number of ether oxygens (including phenoxy) is 3. The molecule has 1 aromatic carbocycles. The number of halogens is 1. The van der Waals surface area contributed by atoms with E-state index < -0.39 is 0 Å². The predicted molar refractivity (Wildman–Crippen MR) is 110 cm³/mol. The second-order valence-electron chi connectivity index (χ2n) is 8.06. The number of carbonyl (C=O) groups is 1. The first kappa shape index (κ1) is 19.8. The number of hydrogen-bond acceptors (Lipinski definition) is 5. The molecule has 0 spiro atoms. The Morgan fingerprint density at radius 3 is 2.83 bits per heavy atom. The molecule has 29 heavy (non-hydrogen) atoms. The van der Waals surface area contributed by atoms with Gasteiger partial charge in [-0.25, -0.2) is 4.98 Å². The third kappa shape index (κ3) is 4.58. The highest BCUT2D eigenvalue weighted by molar-refractivity contribution is 6.31. The number of amides is 1. The molecule has 1 amide bonds. The van der Waals surface area contributed by atoms with E-state index in [1.807, 2.05) is 36.9 Å². The standard InChI is InChI=1S/C22H25ClN2O4/c1-22(2)13-15-5-3-7-18(20(15)29-22)27-14-19(26)25-11-8-16(9-12-25)28-21-17(23)6-4-10-24-21/h3-7,10,16H,8-9,11-14H2,1-2H3. The SMILES string of the molecule is CC1(C)Cc2cccc(OCC(=O)N3CCC(Oc4ncccc4Cl)CC3)c2O1. The van der Waals surface area contributed by atoms with Crippen LogP contribution in [0, 0.1) is 0 Å². The number of nitrogens with zero attached hydrogens (tertiary/aromatic N) is 2. The van der Waals surface area contributed by atoms with Crippen molar-refractivity contribution >= 4 is 17.5 Å². The zero-order valence-electron chi connectivity index (χ0n) is 16.7. The Balaban J connectivity index is 1.28. The fourth-order valence-electron chi connectivity index (χ4n) is 3.77. The van der Waals surface area contributed by atoms with Crippen molar-refractivity contribution in [1.29, 1.82) is 0 Å². The Morgan fingerprint density at radius 2 is 2.07 bits per heavy atom. The number of para-hydroxylation sites is 1. The normalized spacial score (nSPS) is 18.1. The topological polar surface area (TPSA) is 60.9 Å². The van der Waals surface area contributed by atoms with E-state index in [2.05, 4.69) is 4.98 Å². The van der Waals surface area contributed by atoms with Gasteiger partial charge in [0.2, 0.25) is 5.88 Å². The molecular weight excluding hydrogens is 392 g/mol. The molecule has 0 aliphatic carbocycles. The monoisotopic (exact) mass is 416 g/mol. The zero-order valence-corrected chi connectivity index (χ0v) is 17.4. The minimum atomic E-state index is -0.246. The summed E-state index contributed by atoms with van der Waals surface area (Å²) in [6.07, 6.45) is 3.96. The summed E-state index contributed by atoms with van der Waals surface area (Å²) in [5.74, 6) is 1.80. The van der Waals surface area contributed by atoms with Crippen LogP contribution in [0.15, 0.2) is 36.5 Å². The van der Waals surface area contributed by atoms with Crippen LogP contribution >= 0.6 is 11.6 Å². The molecule has 0 unspecified atom stereocenters. The second-order valence-corrected chi connectivity index (χ2v) is 8.47. The molecule has 0 saturated carbocycles. The lowest BCUT2D eigenvalue weighted by molar-refractivity contribution is -0.135. The Hall–Kier alpha value is -2.47. The molecule has 2 aliphatic heterocycles. The summed E-state index contributed by atoms with van der Waals surface area (Å²) in [6.45, 7) is 5.33. The summed E-state index contributed by atoms with van der Waals surface area (Å²) >= 11 is 6.10. The van der Waals surface area contributed by atoms with Gasteiger partial charge < -0.3 is 19.1 Å². The maximum absolute atomic E-state index is 12.6. The summed E-state index contributed by atoms with van der Waals surface area (Å²) in [5, 5.41) is 0.500. The van der Waals surface area contributed by atoms with E-state index in [9.17, 15) is 4.79 Å². The molecule has 7 heteroatoms. The molecule has 0 bridgehead atoms. The highest BCUT2D eigenvalue weighted by Gasteiger charge is 2.32. The molecule has 1 fully saturated rings. The number of pyridine rings is 1. The first-order chi connectivity index (χ1) is 13.9. The summed E-state index contributed by atoms with van der Waals surface area (Å²) in [4.78, 5) is 18.6. The first-order valence-corrected chi connectivity index (χ1v) is 10.3. The van der Waals surface area contributed by atoms with Crippen LogP contribution in [0.1, 0.15) is 32.3 Å². The van der Waals surface area contributed by atoms with Gasteiger partial charge >= 0.3 is 0 Å². The lowest BCUT2D eigenvalue weighted by atomic mass is 10.0. The molecule has 154 valence electrons. The van der Waals surface area contributed by atoms with E-state index in [1.54, 1.807) is 18.3 Å². The van der Waals surface area contributed by atoms with Crippen molar-refractivity contribution in [3.05, 3.63) is 47.1 Å². The smallest absolute Gasteiger partial charge is 0.260 e. The summed E-state index contributed by atoms with van der Waals surface area (Å²) in [7, 11) is 0. The molecule has 0 atom stereocenters. The van der Waals surface area contributed by atoms with E-state index in [-0.39, 0.29) is 24.2 Å². The van der Waals surface area contributed by atoms with Gasteiger partial charge in [-0.15, -0.1) is 0 Å². The molecule has 2 aromatic rings. The van der Waals surface area contributed by atoms with Crippen molar-refractivity contribution in [3.8, 4) is 17.4 Å². The lowest BCUT2D eigenvalue weighted by Crippen LogP contribution is -2.43. The van der Waals surface area contributed by atoms with Gasteiger partial charge in [0.1, 0.15) is 16.7 Å². The van der Waals surface area contributed by atoms with Crippen LogP contribution in [0.2, 0.25) is 5.02 Å². The predicted octanol–water partition coefficient (Wildman–Crippen LogP) is 3.90. The number of likely N-dealkylation sites (tertiary alicyclic amines) is 1. The number of rotatable bonds is 5. The molecule has 6 nitrogen and oxygen atoms in total. The minimum absolute atomic E-state index is 0.000363. The third-order valence-electron chi connectivity index (χ3n) is 5.20. The minimum Gasteiger partial charge on any atom is -0.483 e. The number of aromatic nitrogens is 1. The molecule has 3 heterocycles. The van der Waals surface area contributed by atoms with E-state index >= 15 is 0 Å². The van der Waals surface area contributed by atoms with Crippen LogP contribution in [0.3, 0.4) is 0 Å². The van der Waals surface area contributed by atoms with Gasteiger partial charge in [0.15, 0.2) is 18.1 Å². The fraction of sp³-hybridized carbons (Fsp3) is 0.455. The van der Waals surface area contributed by atoms with Gasteiger partial charge in [-0.2, -0.15) is 0 Å². The third-order valence-corrected chi connectivity index (χ3v) is 5.49. The maximum Gasteiger partial charge on any atom is 0.260 e. The number of hydrogen-bond donors (Lipinski definition) is 0. The van der Waals surface area contributed by atoms with Crippen molar-refractivity contribution < 1.29 is 19.0 Å². The zero-order chi connectivity index (χ0) is 20.4. The van der Waals surface area contributed by atoms with Crippen molar-refractivity contribution in [1.82, 2.24) is 9.88 Å². The molecule has 2 aliphatic rings. The molecule has 0 N–H and O–H groups in total. The van der Waals surface area contributed by atoms with Crippen molar-refractivity contribution in [2.45, 2.75) is 44.8 Å². The van der Waals surface area contributed by atoms with Crippen molar-refractivity contribution in [3.63, 3.8) is 0 Å². The highest BCUT2D eigenvalue weighted by Crippen LogP contribution is 2.41. The van der Waals surface area contributed by atoms with Crippen LogP contribution in [0.4, 0.5) is 0 Å². The average molecular weight is 417 g/mol. The number of piperidine rings is 1. The van der Waals surface area contributed by atoms with E-state index in [4.69, 9.17) is 25.8 Å². The second kappa shape index (κ2) is 8.11. The average Bonchev–Trinajstić information content (AvgIpc) is 3.03. The highest BCUT2D eigenvalue weighted by atomic mass is 35.5. The molecule has 1 aromatic heterocycles. The molecule has 1 saturated heterocycles. The van der Waals surface area contributed by atoms with Crippen molar-refractivity contribution in [2.75, 3.05) is 19.7 Å². The van der Waals surface area contributed by atoms with E-state index in [0.29, 0.717) is 29.7 Å². The van der Waals surface area contributed by atoms with Gasteiger partial charge in [-0.1, -0.05) is 23.7 Å². The molecular formula is C22H25ClN2O4. The Morgan fingerprint density at radius 1 is 1.28 bits per heavy atom. The summed E-state index contributed by atoms with van der Waals surface area (Å²) in [6, 6.07) is 9.35. The van der Waals surface area contributed by atoms with Crippen LogP contribution < -0.4 is 14.2 Å². The van der Waals surface area contributed by atoms with Crippen LogP contribution in [0.5, 0.6) is 17.4 Å². The molecule has 0 radical (unpaired) electrons. The number of benzene rings is 1. The quantitative estimate of drug-likeness (QED) is 0.739. The summed E-state index contributed by atoms with van der Waals surface area (Å²) < 4.78 is 17.7. The Kier molecular flexibility index (Phi) is 5.54. The van der Waals surface area contributed by atoms with E-state index in [1.165, 1.54) is 0 Å². The van der Waals surface area contributed by atoms with Gasteiger partial charge in [0.25, 0.3) is 5.91 Å². The Bertz CT molecular complexity index is 894. The van der Waals surface area contributed by atoms with Crippen molar-refractivity contribution in [2.24, 2.45) is 0 Å². The first-order valence-electron chi connectivity index (χ1n) is 9.90. The largest absolute Gasteiger partial charge is 0.483 e. The summed E-state index contributed by atoms with van der Waals surface area (Å²) in [5.41, 5.74) is 0.871. The van der Waals surface area contributed by atoms with Crippen LogP contribution in [-0.2, 0) is 11.2 Å². The van der Waals surface area contributed by atoms with E-state index in [0.717, 1.165) is 30.6 Å². The fourth-order valence-corrected chi connectivity index (χ4v) is 3.94. The molecule has 4 rings (SSSR count). The number of carbonyl (C=O) groups excluding carboxylic acids is 1. The van der Waals surface area contributed by atoms with Gasteiger partial charge in [-0.05, 0) is 32.0 Å². The lowest BCUT2D eigenvalue weighted by Gasteiger charge is -2.32.